The highest BCUT2D eigenvalue weighted by molar-refractivity contribution is 8.18. The Bertz CT molecular complexity index is 606. The number of carbonyl (C=O) groups is 2. The van der Waals surface area contributed by atoms with Gasteiger partial charge in [0.1, 0.15) is 5.75 Å². The number of imide groups is 1. The Balaban J connectivity index is 1.72. The van der Waals surface area contributed by atoms with Crippen LogP contribution in [-0.4, -0.2) is 47.8 Å². The Morgan fingerprint density at radius 3 is 2.50 bits per heavy atom. The number of ether oxygens (including phenoxy) is 1. The molecule has 1 aromatic carbocycles. The number of thioether (sulfide) groups is 1. The SMILES string of the molecule is COc1ccc(C=C2SC(=O)N(CN3CCCC3)C2=O)cc1. The first-order chi connectivity index (χ1) is 10.7. The van der Waals surface area contributed by atoms with Gasteiger partial charge in [-0.1, -0.05) is 12.1 Å². The Labute approximate surface area is 133 Å². The molecule has 0 unspecified atom stereocenters. The van der Waals surface area contributed by atoms with Gasteiger partial charge in [0.2, 0.25) is 0 Å². The molecule has 0 saturated carbocycles. The molecule has 2 saturated heterocycles. The highest BCUT2D eigenvalue weighted by Crippen LogP contribution is 2.32. The molecular formula is C16H18N2O3S. The molecule has 0 radical (unpaired) electrons. The van der Waals surface area contributed by atoms with Gasteiger partial charge < -0.3 is 4.74 Å². The average molecular weight is 318 g/mol. The number of nitrogens with zero attached hydrogens (tertiary/aromatic N) is 2. The second-order valence-corrected chi connectivity index (χ2v) is 6.34. The largest absolute Gasteiger partial charge is 0.497 e. The number of hydrogen-bond donors (Lipinski definition) is 0. The van der Waals surface area contributed by atoms with Crippen molar-refractivity contribution < 1.29 is 14.3 Å². The van der Waals surface area contributed by atoms with Crippen molar-refractivity contribution in [1.29, 1.82) is 0 Å². The van der Waals surface area contributed by atoms with Crippen LogP contribution in [0.25, 0.3) is 6.08 Å². The Kier molecular flexibility index (Phi) is 4.49. The van der Waals surface area contributed by atoms with E-state index in [2.05, 4.69) is 4.90 Å². The first-order valence-electron chi connectivity index (χ1n) is 7.29. The lowest BCUT2D eigenvalue weighted by atomic mass is 10.2. The molecule has 2 heterocycles. The van der Waals surface area contributed by atoms with Crippen LogP contribution in [0.2, 0.25) is 0 Å². The molecule has 0 N–H and O–H groups in total. The third-order valence-electron chi connectivity index (χ3n) is 3.83. The highest BCUT2D eigenvalue weighted by Gasteiger charge is 2.36. The maximum Gasteiger partial charge on any atom is 0.294 e. The molecule has 2 amide bonds. The van der Waals surface area contributed by atoms with Crippen LogP contribution in [0.4, 0.5) is 4.79 Å². The zero-order valence-electron chi connectivity index (χ0n) is 12.4. The van der Waals surface area contributed by atoms with Crippen LogP contribution in [0.3, 0.4) is 0 Å². The Hall–Kier alpha value is -1.79. The molecule has 6 heteroatoms. The van der Waals surface area contributed by atoms with E-state index in [-0.39, 0.29) is 11.1 Å². The van der Waals surface area contributed by atoms with Crippen molar-refractivity contribution in [3.05, 3.63) is 34.7 Å². The topological polar surface area (TPSA) is 49.9 Å². The summed E-state index contributed by atoms with van der Waals surface area (Å²) in [4.78, 5) is 28.4. The lowest BCUT2D eigenvalue weighted by Gasteiger charge is -2.20. The quantitative estimate of drug-likeness (QED) is 0.799. The first kappa shape index (κ1) is 15.1. The third-order valence-corrected chi connectivity index (χ3v) is 4.73. The van der Waals surface area contributed by atoms with Crippen molar-refractivity contribution in [3.8, 4) is 5.75 Å². The van der Waals surface area contributed by atoms with Crippen LogP contribution in [0.15, 0.2) is 29.2 Å². The predicted molar refractivity (Wildman–Crippen MR) is 86.5 cm³/mol. The smallest absolute Gasteiger partial charge is 0.294 e. The summed E-state index contributed by atoms with van der Waals surface area (Å²) in [5.74, 6) is 0.567. The van der Waals surface area contributed by atoms with E-state index in [0.717, 1.165) is 49.0 Å². The summed E-state index contributed by atoms with van der Waals surface area (Å²) in [6, 6.07) is 7.40. The van der Waals surface area contributed by atoms with Gasteiger partial charge in [0, 0.05) is 0 Å². The number of carbonyl (C=O) groups excluding carboxylic acids is 2. The zero-order valence-corrected chi connectivity index (χ0v) is 13.3. The molecule has 2 aliphatic rings. The van der Waals surface area contributed by atoms with Crippen molar-refractivity contribution in [3.63, 3.8) is 0 Å². The summed E-state index contributed by atoms with van der Waals surface area (Å²) in [5, 5.41) is -0.184. The number of hydrogen-bond acceptors (Lipinski definition) is 5. The van der Waals surface area contributed by atoms with Gasteiger partial charge in [-0.3, -0.25) is 19.4 Å². The van der Waals surface area contributed by atoms with Gasteiger partial charge >= 0.3 is 0 Å². The molecule has 0 atom stereocenters. The lowest BCUT2D eigenvalue weighted by Crippen LogP contribution is -2.38. The molecule has 0 aliphatic carbocycles. The number of likely N-dealkylation sites (tertiary alicyclic amines) is 1. The average Bonchev–Trinajstić information content (AvgIpc) is 3.13. The number of amides is 2. The molecule has 2 aliphatic heterocycles. The minimum atomic E-state index is -0.197. The minimum Gasteiger partial charge on any atom is -0.497 e. The Morgan fingerprint density at radius 2 is 1.86 bits per heavy atom. The standard InChI is InChI=1S/C16H18N2O3S/c1-21-13-6-4-12(5-7-13)10-14-15(19)18(16(20)22-14)11-17-8-2-3-9-17/h4-7,10H,2-3,8-9,11H2,1H3. The molecule has 0 aromatic heterocycles. The number of methoxy groups -OCH3 is 1. The summed E-state index contributed by atoms with van der Waals surface area (Å²) in [5.41, 5.74) is 0.882. The number of benzene rings is 1. The zero-order chi connectivity index (χ0) is 15.5. The fraction of sp³-hybridized carbons (Fsp3) is 0.375. The van der Waals surface area contributed by atoms with Crippen molar-refractivity contribution in [1.82, 2.24) is 9.80 Å². The summed E-state index contributed by atoms with van der Waals surface area (Å²) < 4.78 is 5.11. The van der Waals surface area contributed by atoms with E-state index in [9.17, 15) is 9.59 Å². The van der Waals surface area contributed by atoms with Gasteiger partial charge in [0.15, 0.2) is 0 Å². The van der Waals surface area contributed by atoms with E-state index in [1.54, 1.807) is 13.2 Å². The third kappa shape index (κ3) is 3.18. The van der Waals surface area contributed by atoms with Gasteiger partial charge in [-0.25, -0.2) is 0 Å². The normalized spacial score (nSPS) is 21.1. The minimum absolute atomic E-state index is 0.184. The molecule has 0 spiro atoms. The van der Waals surface area contributed by atoms with Gasteiger partial charge in [0.05, 0.1) is 18.7 Å². The van der Waals surface area contributed by atoms with Crippen molar-refractivity contribution in [2.45, 2.75) is 12.8 Å². The lowest BCUT2D eigenvalue weighted by molar-refractivity contribution is -0.124. The van der Waals surface area contributed by atoms with Crippen LogP contribution in [-0.2, 0) is 4.79 Å². The predicted octanol–water partition coefficient (Wildman–Crippen LogP) is 2.78. The summed E-state index contributed by atoms with van der Waals surface area (Å²) in [6.07, 6.45) is 4.03. The van der Waals surface area contributed by atoms with Gasteiger partial charge in [-0.05, 0) is 61.5 Å². The maximum absolute atomic E-state index is 12.4. The van der Waals surface area contributed by atoms with Crippen LogP contribution in [0, 0.1) is 0 Å². The van der Waals surface area contributed by atoms with Crippen molar-refractivity contribution in [2.24, 2.45) is 0 Å². The molecule has 22 heavy (non-hydrogen) atoms. The second kappa shape index (κ2) is 6.54. The monoisotopic (exact) mass is 318 g/mol. The first-order valence-corrected chi connectivity index (χ1v) is 8.11. The molecule has 2 fully saturated rings. The number of rotatable bonds is 4. The van der Waals surface area contributed by atoms with E-state index >= 15 is 0 Å². The van der Waals surface area contributed by atoms with E-state index in [1.165, 1.54) is 4.90 Å². The maximum atomic E-state index is 12.4. The molecule has 1 aromatic rings. The fourth-order valence-corrected chi connectivity index (χ4v) is 3.43. The molecule has 5 nitrogen and oxygen atoms in total. The van der Waals surface area contributed by atoms with Crippen LogP contribution < -0.4 is 4.74 Å². The summed E-state index contributed by atoms with van der Waals surface area (Å²) in [6.45, 7) is 2.32. The van der Waals surface area contributed by atoms with Crippen LogP contribution in [0.5, 0.6) is 5.75 Å². The molecule has 116 valence electrons. The van der Waals surface area contributed by atoms with Crippen LogP contribution >= 0.6 is 11.8 Å². The summed E-state index contributed by atoms with van der Waals surface area (Å²) in [7, 11) is 1.61. The van der Waals surface area contributed by atoms with E-state index in [1.807, 2.05) is 24.3 Å². The van der Waals surface area contributed by atoms with E-state index in [0.29, 0.717) is 11.6 Å². The van der Waals surface area contributed by atoms with E-state index in [4.69, 9.17) is 4.74 Å². The van der Waals surface area contributed by atoms with Gasteiger partial charge in [-0.2, -0.15) is 0 Å². The molecular weight excluding hydrogens is 300 g/mol. The van der Waals surface area contributed by atoms with E-state index < -0.39 is 0 Å². The van der Waals surface area contributed by atoms with Crippen LogP contribution in [0.1, 0.15) is 18.4 Å². The van der Waals surface area contributed by atoms with Crippen molar-refractivity contribution in [2.75, 3.05) is 26.9 Å². The molecule has 3 rings (SSSR count). The second-order valence-electron chi connectivity index (χ2n) is 5.35. The van der Waals surface area contributed by atoms with Gasteiger partial charge in [0.25, 0.3) is 11.1 Å². The molecule has 0 bridgehead atoms. The fourth-order valence-electron chi connectivity index (χ4n) is 2.60. The summed E-state index contributed by atoms with van der Waals surface area (Å²) >= 11 is 1.01. The van der Waals surface area contributed by atoms with Crippen molar-refractivity contribution >= 4 is 29.0 Å². The Morgan fingerprint density at radius 1 is 1.18 bits per heavy atom. The highest BCUT2D eigenvalue weighted by atomic mass is 32.2. The van der Waals surface area contributed by atoms with Gasteiger partial charge in [-0.15, -0.1) is 0 Å².